The second-order valence-electron chi connectivity index (χ2n) is 4.81. The summed E-state index contributed by atoms with van der Waals surface area (Å²) in [7, 11) is 0. The predicted octanol–water partition coefficient (Wildman–Crippen LogP) is 4.55. The minimum absolute atomic E-state index is 0.356. The van der Waals surface area contributed by atoms with Crippen molar-refractivity contribution in [2.45, 2.75) is 18.9 Å². The Hall–Kier alpha value is -1.09. The standard InChI is InChI=1S/C15H14Cl2FN/c1-15(19,12-4-2-3-5-13(12)16)9-10-6-7-11(18)8-14(10)17/h2-8H,9,19H2,1H3. The van der Waals surface area contributed by atoms with Crippen molar-refractivity contribution in [1.82, 2.24) is 0 Å². The van der Waals surface area contributed by atoms with Crippen LogP contribution in [-0.2, 0) is 12.0 Å². The van der Waals surface area contributed by atoms with Crippen LogP contribution in [0.5, 0.6) is 0 Å². The monoisotopic (exact) mass is 297 g/mol. The Bertz CT molecular complexity index is 596. The summed E-state index contributed by atoms with van der Waals surface area (Å²) in [5.74, 6) is -0.356. The zero-order valence-corrected chi connectivity index (χ0v) is 12.0. The van der Waals surface area contributed by atoms with Gasteiger partial charge in [0.15, 0.2) is 0 Å². The normalized spacial score (nSPS) is 14.2. The maximum absolute atomic E-state index is 13.0. The molecule has 0 amide bonds. The van der Waals surface area contributed by atoms with E-state index in [1.165, 1.54) is 12.1 Å². The third kappa shape index (κ3) is 3.27. The first kappa shape index (κ1) is 14.3. The van der Waals surface area contributed by atoms with E-state index in [1.807, 2.05) is 25.1 Å². The van der Waals surface area contributed by atoms with Crippen LogP contribution >= 0.6 is 23.2 Å². The van der Waals surface area contributed by atoms with E-state index in [-0.39, 0.29) is 5.82 Å². The molecule has 1 unspecified atom stereocenters. The summed E-state index contributed by atoms with van der Waals surface area (Å²) >= 11 is 12.2. The van der Waals surface area contributed by atoms with Gasteiger partial charge in [-0.2, -0.15) is 0 Å². The number of hydrogen-bond acceptors (Lipinski definition) is 1. The van der Waals surface area contributed by atoms with E-state index >= 15 is 0 Å². The Morgan fingerprint density at radius 2 is 1.79 bits per heavy atom. The number of rotatable bonds is 3. The van der Waals surface area contributed by atoms with Crippen molar-refractivity contribution in [3.8, 4) is 0 Å². The molecule has 100 valence electrons. The van der Waals surface area contributed by atoms with Crippen LogP contribution in [0.2, 0.25) is 10.0 Å². The molecule has 19 heavy (non-hydrogen) atoms. The third-order valence-corrected chi connectivity index (χ3v) is 3.74. The van der Waals surface area contributed by atoms with Gasteiger partial charge in [0.05, 0.1) is 0 Å². The fourth-order valence-electron chi connectivity index (χ4n) is 2.08. The highest BCUT2D eigenvalue weighted by molar-refractivity contribution is 6.31. The van der Waals surface area contributed by atoms with Crippen molar-refractivity contribution >= 4 is 23.2 Å². The average Bonchev–Trinajstić information content (AvgIpc) is 2.33. The Labute approximate surface area is 122 Å². The summed E-state index contributed by atoms with van der Waals surface area (Å²) < 4.78 is 13.0. The van der Waals surface area contributed by atoms with Gasteiger partial charge in [-0.15, -0.1) is 0 Å². The summed E-state index contributed by atoms with van der Waals surface area (Å²) in [5, 5.41) is 0.995. The number of hydrogen-bond donors (Lipinski definition) is 1. The van der Waals surface area contributed by atoms with Gasteiger partial charge in [0.25, 0.3) is 0 Å². The van der Waals surface area contributed by atoms with E-state index in [4.69, 9.17) is 28.9 Å². The Balaban J connectivity index is 2.33. The first-order valence-electron chi connectivity index (χ1n) is 5.88. The number of nitrogens with two attached hydrogens (primary N) is 1. The lowest BCUT2D eigenvalue weighted by molar-refractivity contribution is 0.491. The first-order valence-corrected chi connectivity index (χ1v) is 6.63. The van der Waals surface area contributed by atoms with E-state index in [0.29, 0.717) is 16.5 Å². The molecule has 0 spiro atoms. The van der Waals surface area contributed by atoms with E-state index < -0.39 is 5.54 Å². The maximum atomic E-state index is 13.0. The molecule has 1 nitrogen and oxygen atoms in total. The fraction of sp³-hybridized carbons (Fsp3) is 0.200. The van der Waals surface area contributed by atoms with Gasteiger partial charge >= 0.3 is 0 Å². The van der Waals surface area contributed by atoms with E-state index in [0.717, 1.165) is 11.1 Å². The topological polar surface area (TPSA) is 26.0 Å². The molecule has 0 aliphatic heterocycles. The molecular weight excluding hydrogens is 284 g/mol. The van der Waals surface area contributed by atoms with Gasteiger partial charge in [0.2, 0.25) is 0 Å². The highest BCUT2D eigenvalue weighted by atomic mass is 35.5. The van der Waals surface area contributed by atoms with E-state index in [2.05, 4.69) is 0 Å². The Morgan fingerprint density at radius 3 is 2.42 bits per heavy atom. The van der Waals surface area contributed by atoms with Crippen LogP contribution in [0.3, 0.4) is 0 Å². The van der Waals surface area contributed by atoms with E-state index in [1.54, 1.807) is 12.1 Å². The van der Waals surface area contributed by atoms with Gasteiger partial charge in [-0.25, -0.2) is 4.39 Å². The van der Waals surface area contributed by atoms with Crippen LogP contribution in [0.4, 0.5) is 4.39 Å². The lowest BCUT2D eigenvalue weighted by Crippen LogP contribution is -2.35. The van der Waals surface area contributed by atoms with Crippen LogP contribution < -0.4 is 5.73 Å². The lowest BCUT2D eigenvalue weighted by Gasteiger charge is -2.27. The molecule has 0 aliphatic carbocycles. The molecule has 2 aromatic rings. The molecule has 2 rings (SSSR count). The molecule has 1 atom stereocenters. The molecule has 0 heterocycles. The Morgan fingerprint density at radius 1 is 1.11 bits per heavy atom. The fourth-order valence-corrected chi connectivity index (χ4v) is 2.67. The summed E-state index contributed by atoms with van der Waals surface area (Å²) in [6.07, 6.45) is 0.482. The summed E-state index contributed by atoms with van der Waals surface area (Å²) in [4.78, 5) is 0. The quantitative estimate of drug-likeness (QED) is 0.884. The van der Waals surface area contributed by atoms with Crippen LogP contribution in [0.1, 0.15) is 18.1 Å². The van der Waals surface area contributed by atoms with Gasteiger partial charge in [-0.1, -0.05) is 47.5 Å². The molecule has 2 aromatic carbocycles. The highest BCUT2D eigenvalue weighted by Gasteiger charge is 2.25. The summed E-state index contributed by atoms with van der Waals surface area (Å²) in [6.45, 7) is 1.88. The van der Waals surface area contributed by atoms with Gasteiger partial charge in [0.1, 0.15) is 5.82 Å². The van der Waals surface area contributed by atoms with Crippen molar-refractivity contribution in [3.05, 3.63) is 69.5 Å². The summed E-state index contributed by atoms with van der Waals surface area (Å²) in [6, 6.07) is 11.8. The SMILES string of the molecule is CC(N)(Cc1ccc(F)cc1Cl)c1ccccc1Cl. The Kier molecular flexibility index (Phi) is 4.14. The molecule has 0 fully saturated rings. The largest absolute Gasteiger partial charge is 0.321 e. The van der Waals surface area contributed by atoms with E-state index in [9.17, 15) is 4.39 Å². The van der Waals surface area contributed by atoms with Crippen molar-refractivity contribution < 1.29 is 4.39 Å². The van der Waals surface area contributed by atoms with Crippen molar-refractivity contribution in [1.29, 1.82) is 0 Å². The highest BCUT2D eigenvalue weighted by Crippen LogP contribution is 2.31. The molecule has 0 aromatic heterocycles. The van der Waals surface area contributed by atoms with Crippen LogP contribution in [0.25, 0.3) is 0 Å². The van der Waals surface area contributed by atoms with Gasteiger partial charge < -0.3 is 5.73 Å². The number of benzene rings is 2. The van der Waals surface area contributed by atoms with Crippen LogP contribution in [0.15, 0.2) is 42.5 Å². The van der Waals surface area contributed by atoms with Gasteiger partial charge in [0, 0.05) is 15.6 Å². The maximum Gasteiger partial charge on any atom is 0.124 e. The van der Waals surface area contributed by atoms with Crippen LogP contribution in [-0.4, -0.2) is 0 Å². The van der Waals surface area contributed by atoms with Crippen molar-refractivity contribution in [2.24, 2.45) is 5.73 Å². The molecule has 0 saturated carbocycles. The molecule has 0 saturated heterocycles. The molecule has 0 bridgehead atoms. The predicted molar refractivity (Wildman–Crippen MR) is 78.1 cm³/mol. The smallest absolute Gasteiger partial charge is 0.124 e. The second kappa shape index (κ2) is 5.49. The average molecular weight is 298 g/mol. The van der Waals surface area contributed by atoms with Gasteiger partial charge in [-0.05, 0) is 42.7 Å². The van der Waals surface area contributed by atoms with Crippen LogP contribution in [0, 0.1) is 5.82 Å². The second-order valence-corrected chi connectivity index (χ2v) is 5.62. The molecule has 2 N–H and O–H groups in total. The third-order valence-electron chi connectivity index (χ3n) is 3.06. The molecule has 0 aliphatic rings. The zero-order chi connectivity index (χ0) is 14.0. The minimum Gasteiger partial charge on any atom is -0.321 e. The zero-order valence-electron chi connectivity index (χ0n) is 10.5. The lowest BCUT2D eigenvalue weighted by atomic mass is 9.86. The van der Waals surface area contributed by atoms with Crippen molar-refractivity contribution in [3.63, 3.8) is 0 Å². The molecular formula is C15H14Cl2FN. The first-order chi connectivity index (χ1) is 8.90. The van der Waals surface area contributed by atoms with Gasteiger partial charge in [-0.3, -0.25) is 0 Å². The van der Waals surface area contributed by atoms with Crippen molar-refractivity contribution in [2.75, 3.05) is 0 Å². The minimum atomic E-state index is -0.667. The molecule has 4 heteroatoms. The molecule has 0 radical (unpaired) electrons. The number of halogens is 3. The summed E-state index contributed by atoms with van der Waals surface area (Å²) in [5.41, 5.74) is 7.32.